The molecule has 0 aromatic heterocycles. The van der Waals surface area contributed by atoms with Gasteiger partial charge in [-0.25, -0.2) is 13.7 Å². The van der Waals surface area contributed by atoms with Gasteiger partial charge in [0, 0.05) is 14.1 Å². The standard InChI is InChI=1S/C2H6N2.H5O10P3/c1-3-4-2;1-11(2,3)9-13(7,8)10-12(4,5)6/h1-2H3;(H,7,8)(H2,1,2,3)(H2,4,5,6). The van der Waals surface area contributed by atoms with Crippen LogP contribution in [-0.2, 0) is 22.3 Å². The van der Waals surface area contributed by atoms with Crippen LogP contribution in [0.1, 0.15) is 0 Å². The minimum atomic E-state index is -5.46. The Labute approximate surface area is 95.4 Å². The third-order valence-electron chi connectivity index (χ3n) is 0.619. The van der Waals surface area contributed by atoms with Gasteiger partial charge in [-0.3, -0.25) is 0 Å². The van der Waals surface area contributed by atoms with E-state index in [1.807, 2.05) is 0 Å². The van der Waals surface area contributed by atoms with E-state index in [0.29, 0.717) is 0 Å². The second-order valence-corrected chi connectivity index (χ2v) is 6.22. The molecule has 0 radical (unpaired) electrons. The van der Waals surface area contributed by atoms with E-state index < -0.39 is 23.5 Å². The lowest BCUT2D eigenvalue weighted by Gasteiger charge is -2.11. The molecular formula is C2H11N2O10P3. The molecule has 0 aromatic rings. The molecule has 0 atom stereocenters. The fourth-order valence-electron chi connectivity index (χ4n) is 0.284. The highest BCUT2D eigenvalue weighted by Gasteiger charge is 2.38. The lowest BCUT2D eigenvalue weighted by atomic mass is 11.5. The van der Waals surface area contributed by atoms with Gasteiger partial charge in [-0.1, -0.05) is 0 Å². The largest absolute Gasteiger partial charge is 0.490 e. The van der Waals surface area contributed by atoms with Crippen molar-refractivity contribution in [2.75, 3.05) is 14.1 Å². The van der Waals surface area contributed by atoms with Crippen molar-refractivity contribution in [3.8, 4) is 0 Å². The average Bonchev–Trinajstić information content (AvgIpc) is 1.94. The first-order valence-electron chi connectivity index (χ1n) is 3.37. The first-order valence-corrected chi connectivity index (χ1v) is 7.93. The zero-order chi connectivity index (χ0) is 14.3. The summed E-state index contributed by atoms with van der Waals surface area (Å²) in [5.74, 6) is 0. The first kappa shape index (κ1) is 19.4. The van der Waals surface area contributed by atoms with Crippen LogP contribution in [0.15, 0.2) is 10.2 Å². The van der Waals surface area contributed by atoms with Gasteiger partial charge in [0.25, 0.3) is 0 Å². The van der Waals surface area contributed by atoms with E-state index in [4.69, 9.17) is 24.5 Å². The molecule has 0 amide bonds. The smallest absolute Gasteiger partial charge is 0.302 e. The summed E-state index contributed by atoms with van der Waals surface area (Å²) in [6, 6.07) is 0. The van der Waals surface area contributed by atoms with Gasteiger partial charge in [-0.15, -0.1) is 0 Å². The highest BCUT2D eigenvalue weighted by atomic mass is 31.3. The molecule has 0 saturated heterocycles. The molecule has 0 aliphatic carbocycles. The summed E-state index contributed by atoms with van der Waals surface area (Å²) in [5, 5.41) is 6.72. The maximum absolute atomic E-state index is 10.4. The molecule has 104 valence electrons. The van der Waals surface area contributed by atoms with Crippen LogP contribution in [0.25, 0.3) is 0 Å². The molecule has 0 heterocycles. The first-order chi connectivity index (χ1) is 7.33. The third kappa shape index (κ3) is 18.6. The molecule has 0 saturated carbocycles. The molecule has 0 aliphatic heterocycles. The Morgan fingerprint density at radius 2 is 1.00 bits per heavy atom. The molecule has 0 unspecified atom stereocenters. The van der Waals surface area contributed by atoms with Gasteiger partial charge in [0.15, 0.2) is 0 Å². The number of hydrogen-bond donors (Lipinski definition) is 5. The summed E-state index contributed by atoms with van der Waals surface area (Å²) in [5.41, 5.74) is 0. The minimum absolute atomic E-state index is 1.64. The lowest BCUT2D eigenvalue weighted by Crippen LogP contribution is -1.91. The molecule has 12 nitrogen and oxygen atoms in total. The zero-order valence-electron chi connectivity index (χ0n) is 8.51. The second kappa shape index (κ2) is 7.45. The maximum atomic E-state index is 10.4. The third-order valence-corrected chi connectivity index (χ3v) is 3.97. The van der Waals surface area contributed by atoms with Crippen LogP contribution >= 0.6 is 23.5 Å². The van der Waals surface area contributed by atoms with Crippen molar-refractivity contribution in [3.05, 3.63) is 0 Å². The molecule has 0 spiro atoms. The number of azo groups is 1. The van der Waals surface area contributed by atoms with Crippen LogP contribution in [0.4, 0.5) is 0 Å². The topological polar surface area (TPSA) is 196 Å². The van der Waals surface area contributed by atoms with Gasteiger partial charge >= 0.3 is 23.5 Å². The number of phosphoric acid groups is 3. The van der Waals surface area contributed by atoms with Crippen molar-refractivity contribution in [1.29, 1.82) is 0 Å². The van der Waals surface area contributed by atoms with Crippen molar-refractivity contribution in [2.45, 2.75) is 0 Å². The predicted octanol–water partition coefficient (Wildman–Crippen LogP) is 0.00360. The van der Waals surface area contributed by atoms with Gasteiger partial charge in [0.05, 0.1) is 0 Å². The fraction of sp³-hybridized carbons (Fsp3) is 1.00. The second-order valence-electron chi connectivity index (χ2n) is 2.01. The Hall–Kier alpha value is 0.01000. The van der Waals surface area contributed by atoms with Gasteiger partial charge in [-0.2, -0.15) is 18.8 Å². The summed E-state index contributed by atoms with van der Waals surface area (Å²) < 4.78 is 36.4. The molecule has 17 heavy (non-hydrogen) atoms. The van der Waals surface area contributed by atoms with E-state index in [1.165, 1.54) is 0 Å². The van der Waals surface area contributed by atoms with Crippen molar-refractivity contribution in [1.82, 2.24) is 0 Å². The average molecular weight is 316 g/mol. The van der Waals surface area contributed by atoms with Crippen molar-refractivity contribution in [3.63, 3.8) is 0 Å². The van der Waals surface area contributed by atoms with Crippen molar-refractivity contribution < 1.29 is 46.8 Å². The number of rotatable bonds is 4. The zero-order valence-corrected chi connectivity index (χ0v) is 11.2. The summed E-state index contributed by atoms with van der Waals surface area (Å²) in [4.78, 5) is 40.2. The monoisotopic (exact) mass is 316 g/mol. The highest BCUT2D eigenvalue weighted by molar-refractivity contribution is 7.66. The van der Waals surface area contributed by atoms with Gasteiger partial charge in [0.2, 0.25) is 0 Å². The van der Waals surface area contributed by atoms with E-state index in [1.54, 1.807) is 14.1 Å². The Kier molecular flexibility index (Phi) is 8.48. The van der Waals surface area contributed by atoms with Crippen LogP contribution in [-0.4, -0.2) is 38.6 Å². The summed E-state index contributed by atoms with van der Waals surface area (Å²) >= 11 is 0. The molecular weight excluding hydrogens is 305 g/mol. The Balaban J connectivity index is 0. The van der Waals surface area contributed by atoms with E-state index in [-0.39, 0.29) is 0 Å². The van der Waals surface area contributed by atoms with Crippen LogP contribution in [0, 0.1) is 0 Å². The fourth-order valence-corrected chi connectivity index (χ4v) is 2.82. The summed E-state index contributed by atoms with van der Waals surface area (Å²) in [6.45, 7) is 0. The van der Waals surface area contributed by atoms with E-state index in [2.05, 4.69) is 18.8 Å². The van der Waals surface area contributed by atoms with Gasteiger partial charge in [-0.05, 0) is 0 Å². The quantitative estimate of drug-likeness (QED) is 0.348. The van der Waals surface area contributed by atoms with Crippen molar-refractivity contribution >= 4 is 23.5 Å². The van der Waals surface area contributed by atoms with Crippen molar-refractivity contribution in [2.24, 2.45) is 10.2 Å². The highest BCUT2D eigenvalue weighted by Crippen LogP contribution is 2.64. The molecule has 0 bridgehead atoms. The Bertz CT molecular complexity index is 347. The summed E-state index contributed by atoms with van der Waals surface area (Å²) in [6.07, 6.45) is 0. The van der Waals surface area contributed by atoms with E-state index in [9.17, 15) is 13.7 Å². The molecule has 5 N–H and O–H groups in total. The van der Waals surface area contributed by atoms with Crippen LogP contribution in [0.3, 0.4) is 0 Å². The molecule has 0 aliphatic rings. The number of nitrogens with zero attached hydrogens (tertiary/aromatic N) is 2. The van der Waals surface area contributed by atoms with Crippen LogP contribution < -0.4 is 0 Å². The number of hydrogen-bond acceptors (Lipinski definition) is 7. The Morgan fingerprint density at radius 1 is 0.765 bits per heavy atom. The molecule has 0 aromatic carbocycles. The van der Waals surface area contributed by atoms with Gasteiger partial charge in [0.1, 0.15) is 0 Å². The predicted molar refractivity (Wildman–Crippen MR) is 52.8 cm³/mol. The lowest BCUT2D eigenvalue weighted by molar-refractivity contribution is 0.204. The van der Waals surface area contributed by atoms with Crippen LogP contribution in [0.2, 0.25) is 0 Å². The maximum Gasteiger partial charge on any atom is 0.490 e. The molecule has 15 heteroatoms. The summed E-state index contributed by atoms with van der Waals surface area (Å²) in [7, 11) is -12.9. The normalized spacial score (nSPS) is 13.4. The van der Waals surface area contributed by atoms with E-state index in [0.717, 1.165) is 0 Å². The molecule has 0 rings (SSSR count). The Morgan fingerprint density at radius 3 is 1.12 bits per heavy atom. The molecule has 0 fully saturated rings. The van der Waals surface area contributed by atoms with E-state index >= 15 is 0 Å². The van der Waals surface area contributed by atoms with Crippen LogP contribution in [0.5, 0.6) is 0 Å². The SMILES string of the molecule is CN=NC.O=P(O)(O)OP(=O)(O)OP(=O)(O)O. The minimum Gasteiger partial charge on any atom is -0.302 e. The van der Waals surface area contributed by atoms with Gasteiger partial charge < -0.3 is 24.5 Å².